The largest absolute Gasteiger partial charge is 0.341 e. The SMILES string of the molecule is CN(C(=O)CCn1cnnn1)C1CCCN(Cc2ccccc2F)C1. The first-order valence-electron chi connectivity index (χ1n) is 8.55. The second-order valence-electron chi connectivity index (χ2n) is 6.45. The van der Waals surface area contributed by atoms with Crippen LogP contribution in [0.15, 0.2) is 30.6 Å². The molecule has 1 aromatic heterocycles. The summed E-state index contributed by atoms with van der Waals surface area (Å²) in [4.78, 5) is 16.5. The fourth-order valence-electron chi connectivity index (χ4n) is 3.23. The number of carbonyl (C=O) groups excluding carboxylic acids is 1. The Hall–Kier alpha value is -2.35. The van der Waals surface area contributed by atoms with Crippen molar-refractivity contribution >= 4 is 5.91 Å². The molecule has 0 radical (unpaired) electrons. The van der Waals surface area contributed by atoms with Crippen molar-refractivity contribution in [3.63, 3.8) is 0 Å². The minimum absolute atomic E-state index is 0.0771. The maximum absolute atomic E-state index is 13.9. The zero-order valence-corrected chi connectivity index (χ0v) is 14.4. The predicted octanol–water partition coefficient (Wildman–Crippen LogP) is 1.33. The topological polar surface area (TPSA) is 67.2 Å². The van der Waals surface area contributed by atoms with Crippen LogP contribution in [0.1, 0.15) is 24.8 Å². The smallest absolute Gasteiger partial charge is 0.224 e. The second kappa shape index (κ2) is 8.15. The number of benzene rings is 1. The molecule has 0 bridgehead atoms. The Bertz CT molecular complexity index is 692. The molecule has 1 unspecified atom stereocenters. The molecule has 3 rings (SSSR count). The number of hydrogen-bond acceptors (Lipinski definition) is 5. The third kappa shape index (κ3) is 4.60. The summed E-state index contributed by atoms with van der Waals surface area (Å²) in [5.41, 5.74) is 0.704. The molecular weight excluding hydrogens is 323 g/mol. The number of likely N-dealkylation sites (tertiary alicyclic amines) is 1. The highest BCUT2D eigenvalue weighted by atomic mass is 19.1. The zero-order chi connectivity index (χ0) is 17.6. The lowest BCUT2D eigenvalue weighted by atomic mass is 10.0. The van der Waals surface area contributed by atoms with Crippen molar-refractivity contribution in [3.8, 4) is 0 Å². The monoisotopic (exact) mass is 346 g/mol. The van der Waals surface area contributed by atoms with E-state index in [0.29, 0.717) is 25.1 Å². The first kappa shape index (κ1) is 17.5. The van der Waals surface area contributed by atoms with Gasteiger partial charge in [-0.3, -0.25) is 9.69 Å². The van der Waals surface area contributed by atoms with Crippen LogP contribution in [-0.4, -0.2) is 62.1 Å². The normalized spacial score (nSPS) is 18.2. The number of likely N-dealkylation sites (N-methyl/N-ethyl adjacent to an activating group) is 1. The van der Waals surface area contributed by atoms with Gasteiger partial charge in [0.05, 0.1) is 6.54 Å². The van der Waals surface area contributed by atoms with Gasteiger partial charge in [-0.1, -0.05) is 18.2 Å². The predicted molar refractivity (Wildman–Crippen MR) is 89.9 cm³/mol. The zero-order valence-electron chi connectivity index (χ0n) is 14.4. The molecule has 2 aromatic rings. The summed E-state index contributed by atoms with van der Waals surface area (Å²) >= 11 is 0. The Balaban J connectivity index is 1.53. The molecule has 1 aliphatic rings. The van der Waals surface area contributed by atoms with Gasteiger partial charge >= 0.3 is 0 Å². The van der Waals surface area contributed by atoms with Crippen LogP contribution in [0.25, 0.3) is 0 Å². The van der Waals surface area contributed by atoms with Crippen LogP contribution in [0.2, 0.25) is 0 Å². The molecule has 0 saturated carbocycles. The van der Waals surface area contributed by atoms with Gasteiger partial charge in [0, 0.05) is 38.2 Å². The Morgan fingerprint density at radius 1 is 1.40 bits per heavy atom. The van der Waals surface area contributed by atoms with Gasteiger partial charge in [0.25, 0.3) is 0 Å². The molecule has 25 heavy (non-hydrogen) atoms. The van der Waals surface area contributed by atoms with Crippen molar-refractivity contribution in [2.75, 3.05) is 20.1 Å². The summed E-state index contributed by atoms with van der Waals surface area (Å²) in [6, 6.07) is 7.02. The van der Waals surface area contributed by atoms with Crippen molar-refractivity contribution in [1.29, 1.82) is 0 Å². The average Bonchev–Trinajstić information content (AvgIpc) is 3.15. The molecule has 0 spiro atoms. The van der Waals surface area contributed by atoms with E-state index in [0.717, 1.165) is 25.9 Å². The molecular formula is C17H23FN6O. The van der Waals surface area contributed by atoms with Gasteiger partial charge in [0.2, 0.25) is 5.91 Å². The summed E-state index contributed by atoms with van der Waals surface area (Å²) in [6.07, 6.45) is 3.85. The molecule has 134 valence electrons. The first-order valence-corrected chi connectivity index (χ1v) is 8.55. The molecule has 1 aromatic carbocycles. The molecule has 8 heteroatoms. The van der Waals surface area contributed by atoms with E-state index in [1.165, 1.54) is 12.4 Å². The summed E-state index contributed by atoms with van der Waals surface area (Å²) in [5.74, 6) is -0.0938. The first-order chi connectivity index (χ1) is 12.1. The fourth-order valence-corrected chi connectivity index (χ4v) is 3.23. The Kier molecular flexibility index (Phi) is 5.70. The number of aromatic nitrogens is 4. The highest BCUT2D eigenvalue weighted by Crippen LogP contribution is 2.19. The minimum atomic E-state index is -0.171. The maximum Gasteiger partial charge on any atom is 0.224 e. The van der Waals surface area contributed by atoms with E-state index in [-0.39, 0.29) is 17.8 Å². The molecule has 7 nitrogen and oxygen atoms in total. The van der Waals surface area contributed by atoms with Gasteiger partial charge < -0.3 is 4.90 Å². The lowest BCUT2D eigenvalue weighted by molar-refractivity contribution is -0.133. The molecule has 1 atom stereocenters. The quantitative estimate of drug-likeness (QED) is 0.789. The summed E-state index contributed by atoms with van der Waals surface area (Å²) in [5, 5.41) is 10.9. The van der Waals surface area contributed by atoms with E-state index in [2.05, 4.69) is 20.4 Å². The molecule has 1 aliphatic heterocycles. The van der Waals surface area contributed by atoms with E-state index in [1.54, 1.807) is 10.7 Å². The number of piperidine rings is 1. The lowest BCUT2D eigenvalue weighted by Crippen LogP contribution is -2.48. The van der Waals surface area contributed by atoms with E-state index >= 15 is 0 Å². The Labute approximate surface area is 146 Å². The average molecular weight is 346 g/mol. The van der Waals surface area contributed by atoms with Gasteiger partial charge in [-0.25, -0.2) is 9.07 Å². The Morgan fingerprint density at radius 3 is 3.00 bits per heavy atom. The van der Waals surface area contributed by atoms with Crippen molar-refractivity contribution in [3.05, 3.63) is 42.0 Å². The van der Waals surface area contributed by atoms with Gasteiger partial charge in [-0.15, -0.1) is 5.10 Å². The van der Waals surface area contributed by atoms with Gasteiger partial charge in [-0.05, 0) is 35.9 Å². The van der Waals surface area contributed by atoms with Gasteiger partial charge in [0.1, 0.15) is 12.1 Å². The maximum atomic E-state index is 13.9. The van der Waals surface area contributed by atoms with Crippen LogP contribution in [0.4, 0.5) is 4.39 Å². The van der Waals surface area contributed by atoms with Crippen LogP contribution in [0, 0.1) is 5.82 Å². The number of halogens is 1. The molecule has 1 saturated heterocycles. The van der Waals surface area contributed by atoms with E-state index < -0.39 is 0 Å². The molecule has 0 aliphatic carbocycles. The number of aryl methyl sites for hydroxylation is 1. The van der Waals surface area contributed by atoms with Gasteiger partial charge in [0.15, 0.2) is 0 Å². The number of amides is 1. The van der Waals surface area contributed by atoms with E-state index in [4.69, 9.17) is 0 Å². The molecule has 0 N–H and O–H groups in total. The van der Waals surface area contributed by atoms with Crippen molar-refractivity contribution < 1.29 is 9.18 Å². The van der Waals surface area contributed by atoms with Crippen LogP contribution in [0.5, 0.6) is 0 Å². The molecule has 1 fully saturated rings. The van der Waals surface area contributed by atoms with E-state index in [9.17, 15) is 9.18 Å². The third-order valence-electron chi connectivity index (χ3n) is 4.72. The van der Waals surface area contributed by atoms with Crippen LogP contribution < -0.4 is 0 Å². The number of nitrogens with zero attached hydrogens (tertiary/aromatic N) is 6. The van der Waals surface area contributed by atoms with Crippen LogP contribution in [0.3, 0.4) is 0 Å². The summed E-state index contributed by atoms with van der Waals surface area (Å²) in [7, 11) is 1.85. The summed E-state index contributed by atoms with van der Waals surface area (Å²) < 4.78 is 15.4. The van der Waals surface area contributed by atoms with Crippen molar-refractivity contribution in [2.45, 2.75) is 38.4 Å². The van der Waals surface area contributed by atoms with Crippen LogP contribution >= 0.6 is 0 Å². The van der Waals surface area contributed by atoms with E-state index in [1.807, 2.05) is 24.1 Å². The molecule has 2 heterocycles. The van der Waals surface area contributed by atoms with Gasteiger partial charge in [-0.2, -0.15) is 0 Å². The fraction of sp³-hybridized carbons (Fsp3) is 0.529. The number of hydrogen-bond donors (Lipinski definition) is 0. The standard InChI is InChI=1S/C17H23FN6O/c1-22(17(25)8-10-24-13-19-20-21-24)15-6-4-9-23(12-15)11-14-5-2-3-7-16(14)18/h2-3,5,7,13,15H,4,6,8-12H2,1H3. The summed E-state index contributed by atoms with van der Waals surface area (Å²) in [6.45, 7) is 2.75. The highest BCUT2D eigenvalue weighted by Gasteiger charge is 2.26. The Morgan fingerprint density at radius 2 is 2.24 bits per heavy atom. The number of tetrazole rings is 1. The third-order valence-corrected chi connectivity index (χ3v) is 4.72. The molecule has 1 amide bonds. The number of carbonyl (C=O) groups is 1. The van der Waals surface area contributed by atoms with Crippen LogP contribution in [-0.2, 0) is 17.9 Å². The minimum Gasteiger partial charge on any atom is -0.341 e. The lowest BCUT2D eigenvalue weighted by Gasteiger charge is -2.37. The highest BCUT2D eigenvalue weighted by molar-refractivity contribution is 5.76. The van der Waals surface area contributed by atoms with Crippen molar-refractivity contribution in [2.24, 2.45) is 0 Å². The van der Waals surface area contributed by atoms with Crippen molar-refractivity contribution in [1.82, 2.24) is 30.0 Å². The number of rotatable bonds is 6. The second-order valence-corrected chi connectivity index (χ2v) is 6.45.